The molecule has 10 heteroatoms. The molecule has 9 nitrogen and oxygen atoms in total. The topological polar surface area (TPSA) is 84.8 Å². The van der Waals surface area contributed by atoms with E-state index < -0.39 is 8.07 Å². The van der Waals surface area contributed by atoms with Gasteiger partial charge < -0.3 is 19.3 Å². The van der Waals surface area contributed by atoms with E-state index in [1.165, 1.54) is 0 Å². The fourth-order valence-corrected chi connectivity index (χ4v) is 5.23. The highest BCUT2D eigenvalue weighted by atomic mass is 28.3. The van der Waals surface area contributed by atoms with Crippen molar-refractivity contribution in [3.05, 3.63) is 29.6 Å². The first-order chi connectivity index (χ1) is 15.7. The second-order valence-corrected chi connectivity index (χ2v) is 15.8. The lowest BCUT2D eigenvalue weighted by Crippen LogP contribution is -2.50. The molecule has 33 heavy (non-hydrogen) atoms. The molecule has 0 radical (unpaired) electrons. The molecule has 0 saturated carbocycles. The molecule has 0 spiro atoms. The van der Waals surface area contributed by atoms with Gasteiger partial charge in [0.05, 0.1) is 13.7 Å². The number of aromatic nitrogens is 3. The number of aryl methyl sites for hydroxylation is 1. The normalized spacial score (nSPS) is 17.2. The molecule has 0 aromatic carbocycles. The van der Waals surface area contributed by atoms with Crippen LogP contribution in [0.4, 0.5) is 16.3 Å². The summed E-state index contributed by atoms with van der Waals surface area (Å²) in [5, 5.41) is 7.49. The Kier molecular flexibility index (Phi) is 6.94. The maximum absolute atomic E-state index is 12.8. The van der Waals surface area contributed by atoms with Crippen LogP contribution in [0.3, 0.4) is 0 Å². The number of carbonyl (C=O) groups is 1. The van der Waals surface area contributed by atoms with Gasteiger partial charge in [0, 0.05) is 51.8 Å². The van der Waals surface area contributed by atoms with E-state index in [2.05, 4.69) is 46.9 Å². The summed E-state index contributed by atoms with van der Waals surface area (Å²) in [6, 6.07) is 3.26. The molecule has 0 atom stereocenters. The van der Waals surface area contributed by atoms with Crippen LogP contribution in [0, 0.1) is 6.92 Å². The molecule has 1 fully saturated rings. The number of nitrogens with zero attached hydrogens (tertiary/aromatic N) is 5. The van der Waals surface area contributed by atoms with Gasteiger partial charge in [-0.3, -0.25) is 5.32 Å². The van der Waals surface area contributed by atoms with Crippen molar-refractivity contribution in [2.45, 2.75) is 64.8 Å². The summed E-state index contributed by atoms with van der Waals surface area (Å²) in [6.07, 6.45) is 5.56. The van der Waals surface area contributed by atoms with Crippen LogP contribution in [-0.4, -0.2) is 66.6 Å². The zero-order valence-electron chi connectivity index (χ0n) is 20.4. The summed E-state index contributed by atoms with van der Waals surface area (Å²) in [7, 11) is 0.548. The molecule has 180 valence electrons. The van der Waals surface area contributed by atoms with E-state index in [9.17, 15) is 4.79 Å². The van der Waals surface area contributed by atoms with Gasteiger partial charge in [-0.15, -0.1) is 0 Å². The predicted molar refractivity (Wildman–Crippen MR) is 132 cm³/mol. The standard InChI is InChI=1S/C23H36N6O3Si/c1-17-6-9-24-22(31-2)20(17)27-10-7-19(8-11-27)29-15-18-14-28(26-21(18)25-23(29)30)16-32-12-13-33(3,4)5/h6,9,14,19H,7-8,10-13,15-16H2,1-5H3,(H,25,26,30). The summed E-state index contributed by atoms with van der Waals surface area (Å²) < 4.78 is 13.1. The summed E-state index contributed by atoms with van der Waals surface area (Å²) in [6.45, 7) is 12.6. The number of piperidine rings is 1. The van der Waals surface area contributed by atoms with Crippen molar-refractivity contribution in [2.75, 3.05) is 37.0 Å². The van der Waals surface area contributed by atoms with Crippen LogP contribution in [0.15, 0.2) is 18.5 Å². The van der Waals surface area contributed by atoms with Crippen LogP contribution in [0.2, 0.25) is 25.7 Å². The lowest BCUT2D eigenvalue weighted by Gasteiger charge is -2.40. The van der Waals surface area contributed by atoms with E-state index >= 15 is 0 Å². The van der Waals surface area contributed by atoms with Crippen molar-refractivity contribution in [3.8, 4) is 5.88 Å². The molecule has 2 aromatic heterocycles. The molecule has 2 aliphatic rings. The first kappa shape index (κ1) is 23.6. The average Bonchev–Trinajstić information content (AvgIpc) is 3.17. The van der Waals surface area contributed by atoms with Crippen molar-refractivity contribution in [1.29, 1.82) is 0 Å². The van der Waals surface area contributed by atoms with E-state index in [0.29, 0.717) is 25.0 Å². The minimum Gasteiger partial charge on any atom is -0.480 e. The van der Waals surface area contributed by atoms with E-state index in [4.69, 9.17) is 9.47 Å². The number of carbonyl (C=O) groups excluding carboxylic acids is 1. The van der Waals surface area contributed by atoms with Gasteiger partial charge in [-0.1, -0.05) is 19.6 Å². The third-order valence-electron chi connectivity index (χ3n) is 6.39. The first-order valence-electron chi connectivity index (χ1n) is 11.7. The Hall–Kier alpha value is -2.59. The number of methoxy groups -OCH3 is 1. The number of ether oxygens (including phenoxy) is 2. The number of rotatable bonds is 8. The fourth-order valence-electron chi connectivity index (χ4n) is 4.47. The maximum Gasteiger partial charge on any atom is 0.323 e. The molecule has 0 bridgehead atoms. The van der Waals surface area contributed by atoms with Crippen molar-refractivity contribution in [3.63, 3.8) is 0 Å². The summed E-state index contributed by atoms with van der Waals surface area (Å²) in [5.74, 6) is 1.31. The van der Waals surface area contributed by atoms with Crippen LogP contribution in [0.1, 0.15) is 24.0 Å². The minimum atomic E-state index is -1.11. The molecule has 1 saturated heterocycles. The highest BCUT2D eigenvalue weighted by Crippen LogP contribution is 2.33. The first-order valence-corrected chi connectivity index (χ1v) is 15.4. The fraction of sp³-hybridized carbons (Fsp3) is 0.609. The van der Waals surface area contributed by atoms with Crippen molar-refractivity contribution in [1.82, 2.24) is 19.7 Å². The third kappa shape index (κ3) is 5.49. The molecule has 0 aliphatic carbocycles. The van der Waals surface area contributed by atoms with Crippen molar-refractivity contribution in [2.24, 2.45) is 0 Å². The highest BCUT2D eigenvalue weighted by molar-refractivity contribution is 6.76. The van der Waals surface area contributed by atoms with Gasteiger partial charge in [0.2, 0.25) is 5.88 Å². The Morgan fingerprint density at radius 3 is 2.70 bits per heavy atom. The molecule has 2 amide bonds. The second kappa shape index (κ2) is 9.72. The number of anilines is 2. The molecule has 1 N–H and O–H groups in total. The number of amides is 2. The third-order valence-corrected chi connectivity index (χ3v) is 8.10. The molecule has 0 unspecified atom stereocenters. The molecular weight excluding hydrogens is 436 g/mol. The Labute approximate surface area is 197 Å². The Morgan fingerprint density at radius 2 is 2.00 bits per heavy atom. The van der Waals surface area contributed by atoms with E-state index in [1.54, 1.807) is 18.0 Å². The number of pyridine rings is 1. The van der Waals surface area contributed by atoms with Crippen LogP contribution < -0.4 is 15.0 Å². The quantitative estimate of drug-likeness (QED) is 0.463. The molecular formula is C23H36N6O3Si. The van der Waals surface area contributed by atoms with Crippen LogP contribution in [0.25, 0.3) is 0 Å². The highest BCUT2D eigenvalue weighted by Gasteiger charge is 2.33. The minimum absolute atomic E-state index is 0.0685. The molecule has 2 aliphatic heterocycles. The average molecular weight is 473 g/mol. The maximum atomic E-state index is 12.8. The van der Waals surface area contributed by atoms with Crippen LogP contribution >= 0.6 is 0 Å². The van der Waals surface area contributed by atoms with Crippen LogP contribution in [-0.2, 0) is 18.0 Å². The number of hydrogen-bond acceptors (Lipinski definition) is 6. The van der Waals surface area contributed by atoms with Gasteiger partial charge in [0.15, 0.2) is 5.82 Å². The summed E-state index contributed by atoms with van der Waals surface area (Å²) in [4.78, 5) is 21.5. The largest absolute Gasteiger partial charge is 0.480 e. The number of urea groups is 1. The number of nitrogens with one attached hydrogen (secondary N) is 1. The molecule has 4 rings (SSSR count). The van der Waals surface area contributed by atoms with Gasteiger partial charge in [-0.25, -0.2) is 14.5 Å². The van der Waals surface area contributed by atoms with Gasteiger partial charge in [0.25, 0.3) is 0 Å². The number of fused-ring (bicyclic) bond motifs is 1. The van der Waals surface area contributed by atoms with Gasteiger partial charge in [-0.05, 0) is 37.4 Å². The van der Waals surface area contributed by atoms with E-state index in [-0.39, 0.29) is 12.1 Å². The smallest absolute Gasteiger partial charge is 0.323 e. The lowest BCUT2D eigenvalue weighted by molar-refractivity contribution is 0.0787. The van der Waals surface area contributed by atoms with Gasteiger partial charge >= 0.3 is 6.03 Å². The molecule has 4 heterocycles. The zero-order chi connectivity index (χ0) is 23.6. The van der Waals surface area contributed by atoms with Crippen molar-refractivity contribution < 1.29 is 14.3 Å². The van der Waals surface area contributed by atoms with Crippen LogP contribution in [0.5, 0.6) is 5.88 Å². The zero-order valence-corrected chi connectivity index (χ0v) is 21.4. The monoisotopic (exact) mass is 472 g/mol. The Bertz CT molecular complexity index is 981. The predicted octanol–water partition coefficient (Wildman–Crippen LogP) is 3.92. The Balaban J connectivity index is 1.35. The van der Waals surface area contributed by atoms with Gasteiger partial charge in [-0.2, -0.15) is 5.10 Å². The number of hydrogen-bond donors (Lipinski definition) is 1. The SMILES string of the molecule is COc1nccc(C)c1N1CCC(N2Cc3cn(COCC[Si](C)(C)C)nc3NC2=O)CC1. The van der Waals surface area contributed by atoms with Crippen molar-refractivity contribution >= 4 is 25.6 Å². The van der Waals surface area contributed by atoms with E-state index in [0.717, 1.165) is 55.4 Å². The molecule has 2 aromatic rings. The van der Waals surface area contributed by atoms with Gasteiger partial charge in [0.1, 0.15) is 12.4 Å². The summed E-state index contributed by atoms with van der Waals surface area (Å²) in [5.41, 5.74) is 3.25. The summed E-state index contributed by atoms with van der Waals surface area (Å²) >= 11 is 0. The Morgan fingerprint density at radius 1 is 1.24 bits per heavy atom. The van der Waals surface area contributed by atoms with E-state index in [1.807, 2.05) is 17.2 Å². The second-order valence-electron chi connectivity index (χ2n) is 10.2. The lowest BCUT2D eigenvalue weighted by atomic mass is 10.0.